The van der Waals surface area contributed by atoms with Gasteiger partial charge in [0.15, 0.2) is 16.9 Å². The number of hydrogen-bond acceptors (Lipinski definition) is 6. The molecule has 4 aromatic rings. The Labute approximate surface area is 226 Å². The maximum atomic E-state index is 13.9. The maximum absolute atomic E-state index is 13.9. The van der Waals surface area contributed by atoms with E-state index in [0.717, 1.165) is 17.5 Å². The third-order valence-electron chi connectivity index (χ3n) is 6.90. The zero-order valence-electron chi connectivity index (χ0n) is 22.0. The van der Waals surface area contributed by atoms with Crippen LogP contribution in [0.2, 0.25) is 5.02 Å². The van der Waals surface area contributed by atoms with Gasteiger partial charge in [0.25, 0.3) is 5.91 Å². The fourth-order valence-electron chi connectivity index (χ4n) is 4.67. The highest BCUT2D eigenvalue weighted by Gasteiger charge is 2.44. The number of fused-ring (bicyclic) bond motifs is 2. The first kappa shape index (κ1) is 25.8. The van der Waals surface area contributed by atoms with Gasteiger partial charge in [0, 0.05) is 6.20 Å². The van der Waals surface area contributed by atoms with Gasteiger partial charge in [0.1, 0.15) is 11.4 Å². The number of carbonyl (C=O) groups is 1. The Balaban J connectivity index is 1.70. The molecule has 3 heterocycles. The molecule has 0 saturated carbocycles. The molecule has 0 aliphatic carbocycles. The van der Waals surface area contributed by atoms with Crippen LogP contribution in [0.4, 0.5) is 5.82 Å². The molecule has 0 bridgehead atoms. The molecule has 0 N–H and O–H groups in total. The van der Waals surface area contributed by atoms with Gasteiger partial charge >= 0.3 is 0 Å². The monoisotopic (exact) mass is 532 g/mol. The smallest absolute Gasteiger partial charge is 0.296 e. The lowest BCUT2D eigenvalue weighted by atomic mass is 9.97. The molecule has 0 spiro atoms. The van der Waals surface area contributed by atoms with Crippen molar-refractivity contribution in [3.05, 3.63) is 91.9 Å². The molecule has 1 aliphatic heterocycles. The Bertz CT molecular complexity index is 1590. The van der Waals surface area contributed by atoms with E-state index in [9.17, 15) is 9.59 Å². The standard InChI is InChI=1S/C30H29ClN2O5/c1-16(2)10-11-37-22-8-6-19(14-24(22)36-5)27-26-28(34)21-12-17(3)18(4)13-23(21)38-29(26)30(35)33(27)25-9-7-20(31)15-32-25/h6-9,12-16,27H,10-11H2,1-5H3. The topological polar surface area (TPSA) is 81.9 Å². The first-order valence-corrected chi connectivity index (χ1v) is 12.9. The molecule has 1 unspecified atom stereocenters. The number of halogens is 1. The van der Waals surface area contributed by atoms with Gasteiger partial charge in [-0.2, -0.15) is 0 Å². The minimum absolute atomic E-state index is 0.00345. The second-order valence-electron chi connectivity index (χ2n) is 9.96. The van der Waals surface area contributed by atoms with Crippen LogP contribution in [0.3, 0.4) is 0 Å². The molecule has 1 aliphatic rings. The van der Waals surface area contributed by atoms with Gasteiger partial charge in [-0.3, -0.25) is 14.5 Å². The van der Waals surface area contributed by atoms with E-state index in [2.05, 4.69) is 18.8 Å². The van der Waals surface area contributed by atoms with Gasteiger partial charge in [0.2, 0.25) is 5.76 Å². The van der Waals surface area contributed by atoms with Crippen molar-refractivity contribution in [3.63, 3.8) is 0 Å². The van der Waals surface area contributed by atoms with Crippen LogP contribution in [0.5, 0.6) is 11.5 Å². The highest BCUT2D eigenvalue weighted by molar-refractivity contribution is 6.30. The molecular weight excluding hydrogens is 504 g/mol. The summed E-state index contributed by atoms with van der Waals surface area (Å²) < 4.78 is 17.7. The summed E-state index contributed by atoms with van der Waals surface area (Å²) in [6.45, 7) is 8.70. The summed E-state index contributed by atoms with van der Waals surface area (Å²) in [5.74, 6) is 1.50. The molecule has 0 saturated heterocycles. The SMILES string of the molecule is COc1cc(C2c3c(oc4cc(C)c(C)cc4c3=O)C(=O)N2c2ccc(Cl)cn2)ccc1OCCC(C)C. The van der Waals surface area contributed by atoms with Crippen molar-refractivity contribution in [2.75, 3.05) is 18.6 Å². The van der Waals surface area contributed by atoms with E-state index < -0.39 is 11.9 Å². The minimum Gasteiger partial charge on any atom is -0.493 e. The number of carbonyl (C=O) groups excluding carboxylic acids is 1. The normalized spacial score (nSPS) is 14.9. The lowest BCUT2D eigenvalue weighted by Crippen LogP contribution is -2.30. The first-order chi connectivity index (χ1) is 18.2. The van der Waals surface area contributed by atoms with E-state index in [-0.39, 0.29) is 16.8 Å². The summed E-state index contributed by atoms with van der Waals surface area (Å²) in [7, 11) is 1.56. The van der Waals surface area contributed by atoms with Crippen LogP contribution in [-0.4, -0.2) is 24.6 Å². The van der Waals surface area contributed by atoms with Gasteiger partial charge in [-0.1, -0.05) is 31.5 Å². The fraction of sp³-hybridized carbons (Fsp3) is 0.300. The number of amides is 1. The van der Waals surface area contributed by atoms with Crippen molar-refractivity contribution in [1.82, 2.24) is 4.98 Å². The Morgan fingerprint density at radius 3 is 2.50 bits per heavy atom. The average molecular weight is 533 g/mol. The molecule has 1 amide bonds. The number of hydrogen-bond donors (Lipinski definition) is 0. The molecule has 5 rings (SSSR count). The van der Waals surface area contributed by atoms with Crippen LogP contribution in [0, 0.1) is 19.8 Å². The van der Waals surface area contributed by atoms with E-state index >= 15 is 0 Å². The number of nitrogens with zero attached hydrogens (tertiary/aromatic N) is 2. The predicted molar refractivity (Wildman–Crippen MR) is 148 cm³/mol. The average Bonchev–Trinajstić information content (AvgIpc) is 3.18. The summed E-state index contributed by atoms with van der Waals surface area (Å²) in [6, 6.07) is 11.6. The Kier molecular flexibility index (Phi) is 6.88. The molecule has 38 heavy (non-hydrogen) atoms. The highest BCUT2D eigenvalue weighted by atomic mass is 35.5. The largest absolute Gasteiger partial charge is 0.493 e. The van der Waals surface area contributed by atoms with Gasteiger partial charge in [-0.05, 0) is 79.3 Å². The minimum atomic E-state index is -0.785. The van der Waals surface area contributed by atoms with Crippen LogP contribution in [0.25, 0.3) is 11.0 Å². The van der Waals surface area contributed by atoms with Crippen molar-refractivity contribution in [3.8, 4) is 11.5 Å². The van der Waals surface area contributed by atoms with E-state index in [0.29, 0.717) is 51.4 Å². The van der Waals surface area contributed by atoms with Gasteiger partial charge in [-0.15, -0.1) is 0 Å². The number of ether oxygens (including phenoxy) is 2. The van der Waals surface area contributed by atoms with E-state index in [1.807, 2.05) is 26.0 Å². The van der Waals surface area contributed by atoms with Gasteiger partial charge < -0.3 is 13.9 Å². The number of pyridine rings is 1. The van der Waals surface area contributed by atoms with E-state index in [1.54, 1.807) is 37.4 Å². The lowest BCUT2D eigenvalue weighted by Gasteiger charge is -2.25. The van der Waals surface area contributed by atoms with Gasteiger partial charge in [0.05, 0.1) is 35.7 Å². The van der Waals surface area contributed by atoms with Crippen LogP contribution in [0.15, 0.2) is 57.9 Å². The molecule has 2 aromatic carbocycles. The van der Waals surface area contributed by atoms with E-state index in [1.165, 1.54) is 11.1 Å². The molecule has 1 atom stereocenters. The number of benzene rings is 2. The van der Waals surface area contributed by atoms with Gasteiger partial charge in [-0.25, -0.2) is 4.98 Å². The lowest BCUT2D eigenvalue weighted by molar-refractivity contribution is 0.0970. The third kappa shape index (κ3) is 4.52. The molecule has 8 heteroatoms. The van der Waals surface area contributed by atoms with Crippen molar-refractivity contribution >= 4 is 34.3 Å². The summed E-state index contributed by atoms with van der Waals surface area (Å²) >= 11 is 6.08. The summed E-state index contributed by atoms with van der Waals surface area (Å²) in [5, 5.41) is 0.862. The van der Waals surface area contributed by atoms with E-state index in [4.69, 9.17) is 25.5 Å². The second kappa shape index (κ2) is 10.1. The van der Waals surface area contributed by atoms with Crippen LogP contribution < -0.4 is 19.8 Å². The number of methoxy groups -OCH3 is 1. The number of anilines is 1. The quantitative estimate of drug-likeness (QED) is 0.265. The van der Waals surface area contributed by atoms with Crippen molar-refractivity contribution in [2.24, 2.45) is 5.92 Å². The van der Waals surface area contributed by atoms with Crippen LogP contribution in [-0.2, 0) is 0 Å². The number of rotatable bonds is 7. The molecule has 0 fully saturated rings. The number of aromatic nitrogens is 1. The predicted octanol–water partition coefficient (Wildman–Crippen LogP) is 6.64. The molecular formula is C30H29ClN2O5. The Morgan fingerprint density at radius 2 is 1.82 bits per heavy atom. The zero-order valence-corrected chi connectivity index (χ0v) is 22.8. The van der Waals surface area contributed by atoms with Crippen LogP contribution in [0.1, 0.15) is 59.1 Å². The molecule has 0 radical (unpaired) electrons. The van der Waals surface area contributed by atoms with Crippen LogP contribution >= 0.6 is 11.6 Å². The second-order valence-corrected chi connectivity index (χ2v) is 10.4. The van der Waals surface area contributed by atoms with Crippen molar-refractivity contribution in [1.29, 1.82) is 0 Å². The maximum Gasteiger partial charge on any atom is 0.296 e. The zero-order chi connectivity index (χ0) is 27.1. The third-order valence-corrected chi connectivity index (χ3v) is 7.12. The molecule has 2 aromatic heterocycles. The summed E-state index contributed by atoms with van der Waals surface area (Å²) in [5.41, 5.74) is 2.98. The van der Waals surface area contributed by atoms with Crippen molar-refractivity contribution in [2.45, 2.75) is 40.2 Å². The molecule has 196 valence electrons. The Morgan fingerprint density at radius 1 is 1.05 bits per heavy atom. The number of aryl methyl sites for hydroxylation is 2. The summed E-state index contributed by atoms with van der Waals surface area (Å²) in [4.78, 5) is 33.6. The van der Waals surface area contributed by atoms with Crippen molar-refractivity contribution < 1.29 is 18.7 Å². The molecule has 7 nitrogen and oxygen atoms in total. The summed E-state index contributed by atoms with van der Waals surface area (Å²) in [6.07, 6.45) is 2.37. The first-order valence-electron chi connectivity index (χ1n) is 12.5. The highest BCUT2D eigenvalue weighted by Crippen LogP contribution is 2.43. The fourth-order valence-corrected chi connectivity index (χ4v) is 4.78. The Hall–Kier alpha value is -3.84.